The number of rotatable bonds is 16. The van der Waals surface area contributed by atoms with E-state index in [1.54, 1.807) is 0 Å². The van der Waals surface area contributed by atoms with Gasteiger partial charge in [0.15, 0.2) is 12.5 Å². The Morgan fingerprint density at radius 1 is 0.956 bits per heavy atom. The Kier molecular flexibility index (Phi) is 13.8. The number of aliphatic hydroxyl groups is 6. The first-order valence-electron chi connectivity index (χ1n) is 13.2. The van der Waals surface area contributed by atoms with E-state index in [1.807, 2.05) is 0 Å². The standard InChI is InChI=1S/C21H37N3O19P2/c1-37-6-7-38-5-3-12(25)22-8-10-14(27)16(29)18(31)20(41-10)42-45(35,36)43-44(33,34)39-9-11-15(28)17(30)19(40-11)24-4-2-13(26)23-21(24)32/h2,4,10-11,13-20,26-31H,3,5-9H2,1H3,(H,22,25)(H,23,32)(H,33,34)(H,35,36)/t10?,11?,13?,14-,15+,16?,17+,18-,19?,20+/m0/s1. The number of hydrogen-bond donors (Lipinski definition) is 10. The van der Waals surface area contributed by atoms with Gasteiger partial charge in [-0.1, -0.05) is 0 Å². The Labute approximate surface area is 255 Å². The van der Waals surface area contributed by atoms with Crippen LogP contribution >= 0.6 is 15.6 Å². The van der Waals surface area contributed by atoms with Crippen LogP contribution in [0.25, 0.3) is 0 Å². The average molecular weight is 697 g/mol. The molecule has 0 radical (unpaired) electrons. The summed E-state index contributed by atoms with van der Waals surface area (Å²) in [7, 11) is -9.73. The molecule has 2 fully saturated rings. The molecule has 0 aromatic heterocycles. The zero-order chi connectivity index (χ0) is 33.5. The number of phosphoric acid groups is 2. The average Bonchev–Trinajstić information content (AvgIpc) is 3.23. The van der Waals surface area contributed by atoms with Gasteiger partial charge in [-0.25, -0.2) is 13.9 Å². The lowest BCUT2D eigenvalue weighted by Crippen LogP contribution is -2.60. The monoisotopic (exact) mass is 697 g/mol. The lowest BCUT2D eigenvalue weighted by atomic mass is 9.99. The zero-order valence-corrected chi connectivity index (χ0v) is 25.4. The molecule has 2 saturated heterocycles. The molecule has 22 nitrogen and oxygen atoms in total. The minimum atomic E-state index is -5.67. The Morgan fingerprint density at radius 3 is 2.31 bits per heavy atom. The third kappa shape index (κ3) is 10.7. The number of phosphoric ester groups is 2. The van der Waals surface area contributed by atoms with Crippen molar-refractivity contribution in [3.63, 3.8) is 0 Å². The van der Waals surface area contributed by atoms with Crippen molar-refractivity contribution in [1.29, 1.82) is 0 Å². The molecule has 0 aromatic carbocycles. The topological polar surface area (TPSA) is 322 Å². The summed E-state index contributed by atoms with van der Waals surface area (Å²) in [6.45, 7) is -0.900. The SMILES string of the molecule is COCCOCCC(=O)NCC1O[C@H](OP(=O)(O)OP(=O)(O)OCC2OC(N3C=CC(O)NC3=O)[C@H](O)[C@@H]2O)[C@@H](O)C(O)[C@H]1O. The second-order valence-electron chi connectivity index (χ2n) is 9.78. The van der Waals surface area contributed by atoms with Crippen LogP contribution in [0.5, 0.6) is 0 Å². The van der Waals surface area contributed by atoms with Gasteiger partial charge in [-0.2, -0.15) is 4.31 Å². The van der Waals surface area contributed by atoms with Crippen molar-refractivity contribution < 1.29 is 91.5 Å². The Morgan fingerprint density at radius 2 is 1.64 bits per heavy atom. The van der Waals surface area contributed by atoms with E-state index in [1.165, 1.54) is 7.11 Å². The summed E-state index contributed by atoms with van der Waals surface area (Å²) in [6.07, 6.45) is -15.6. The molecule has 10 N–H and O–H groups in total. The van der Waals surface area contributed by atoms with Gasteiger partial charge >= 0.3 is 21.7 Å². The summed E-state index contributed by atoms with van der Waals surface area (Å²) in [6, 6.07) is -0.907. The minimum absolute atomic E-state index is 0.0373. The summed E-state index contributed by atoms with van der Waals surface area (Å²) in [4.78, 5) is 44.9. The van der Waals surface area contributed by atoms with Crippen molar-refractivity contribution in [2.24, 2.45) is 0 Å². The summed E-state index contributed by atoms with van der Waals surface area (Å²) < 4.78 is 58.7. The van der Waals surface area contributed by atoms with Gasteiger partial charge in [-0.05, 0) is 6.08 Å². The van der Waals surface area contributed by atoms with Crippen molar-refractivity contribution in [1.82, 2.24) is 15.5 Å². The zero-order valence-electron chi connectivity index (χ0n) is 23.6. The maximum atomic E-state index is 12.5. The van der Waals surface area contributed by atoms with Gasteiger partial charge < -0.3 is 70.0 Å². The third-order valence-electron chi connectivity index (χ3n) is 6.47. The molecule has 0 bridgehead atoms. The van der Waals surface area contributed by atoms with Gasteiger partial charge in [0.05, 0.1) is 26.4 Å². The summed E-state index contributed by atoms with van der Waals surface area (Å²) in [5, 5.41) is 64.9. The second-order valence-corrected chi connectivity index (χ2v) is 12.8. The van der Waals surface area contributed by atoms with Gasteiger partial charge in [0.25, 0.3) is 0 Å². The van der Waals surface area contributed by atoms with E-state index in [2.05, 4.69) is 24.0 Å². The van der Waals surface area contributed by atoms with E-state index >= 15 is 0 Å². The second kappa shape index (κ2) is 16.4. The Balaban J connectivity index is 1.52. The number of hydrogen-bond acceptors (Lipinski definition) is 17. The fraction of sp³-hybridized carbons (Fsp3) is 0.810. The molecule has 3 rings (SSSR count). The first-order valence-corrected chi connectivity index (χ1v) is 16.2. The quantitative estimate of drug-likeness (QED) is 0.0537. The van der Waals surface area contributed by atoms with E-state index in [4.69, 9.17) is 18.9 Å². The van der Waals surface area contributed by atoms with Gasteiger partial charge in [0.2, 0.25) is 5.91 Å². The summed E-state index contributed by atoms with van der Waals surface area (Å²) in [5.74, 6) is -0.555. The molecule has 0 saturated carbocycles. The summed E-state index contributed by atoms with van der Waals surface area (Å²) in [5.41, 5.74) is 0. The molecule has 3 aliphatic heterocycles. The fourth-order valence-corrected chi connectivity index (χ4v) is 6.30. The van der Waals surface area contributed by atoms with E-state index in [0.717, 1.165) is 17.2 Å². The fourth-order valence-electron chi connectivity index (χ4n) is 4.14. The van der Waals surface area contributed by atoms with Gasteiger partial charge in [-0.15, -0.1) is 0 Å². The predicted molar refractivity (Wildman–Crippen MR) is 141 cm³/mol. The highest BCUT2D eigenvalue weighted by Gasteiger charge is 2.50. The predicted octanol–water partition coefficient (Wildman–Crippen LogP) is -4.48. The van der Waals surface area contributed by atoms with Crippen molar-refractivity contribution in [2.45, 2.75) is 67.9 Å². The molecular weight excluding hydrogens is 660 g/mol. The maximum Gasteiger partial charge on any atom is 0.483 e. The normalized spacial score (nSPS) is 36.3. The smallest absolute Gasteiger partial charge is 0.388 e. The van der Waals surface area contributed by atoms with Crippen LogP contribution in [0, 0.1) is 0 Å². The largest absolute Gasteiger partial charge is 0.483 e. The number of aliphatic hydroxyl groups excluding tert-OH is 6. The molecule has 12 atom stereocenters. The number of methoxy groups -OCH3 is 1. The van der Waals surface area contributed by atoms with Crippen LogP contribution < -0.4 is 10.6 Å². The highest BCUT2D eigenvalue weighted by atomic mass is 31.3. The molecule has 0 aromatic rings. The van der Waals surface area contributed by atoms with Gasteiger partial charge in [-0.3, -0.25) is 18.7 Å². The van der Waals surface area contributed by atoms with Crippen molar-refractivity contribution >= 4 is 27.6 Å². The van der Waals surface area contributed by atoms with Crippen LogP contribution in [-0.4, -0.2) is 159 Å². The molecule has 0 aliphatic carbocycles. The lowest BCUT2D eigenvalue weighted by molar-refractivity contribution is -0.273. The van der Waals surface area contributed by atoms with E-state index in [-0.39, 0.29) is 19.6 Å². The number of carbonyl (C=O) groups is 2. The molecule has 260 valence electrons. The van der Waals surface area contributed by atoms with E-state index in [9.17, 15) is 59.1 Å². The molecule has 3 heterocycles. The maximum absolute atomic E-state index is 12.5. The molecular formula is C21H37N3O19P2. The van der Waals surface area contributed by atoms with Crippen molar-refractivity contribution in [3.8, 4) is 0 Å². The van der Waals surface area contributed by atoms with E-state index in [0.29, 0.717) is 6.61 Å². The van der Waals surface area contributed by atoms with Crippen LogP contribution in [0.2, 0.25) is 0 Å². The van der Waals surface area contributed by atoms with Crippen molar-refractivity contribution in [2.75, 3.05) is 40.1 Å². The third-order valence-corrected chi connectivity index (χ3v) is 9.07. The number of carbonyl (C=O) groups excluding carboxylic acids is 2. The van der Waals surface area contributed by atoms with Gasteiger partial charge in [0, 0.05) is 26.3 Å². The van der Waals surface area contributed by atoms with Crippen LogP contribution in [-0.2, 0) is 46.2 Å². The highest BCUT2D eigenvalue weighted by Crippen LogP contribution is 2.61. The van der Waals surface area contributed by atoms with Crippen LogP contribution in [0.1, 0.15) is 6.42 Å². The molecule has 3 amide bonds. The van der Waals surface area contributed by atoms with Gasteiger partial charge in [0.1, 0.15) is 49.0 Å². The first-order chi connectivity index (χ1) is 21.0. The minimum Gasteiger partial charge on any atom is -0.388 e. The van der Waals surface area contributed by atoms with E-state index < -0.39 is 102 Å². The Bertz CT molecular complexity index is 1130. The van der Waals surface area contributed by atoms with Crippen LogP contribution in [0.15, 0.2) is 12.3 Å². The molecule has 7 unspecified atom stereocenters. The number of nitrogens with zero attached hydrogens (tertiary/aromatic N) is 1. The lowest BCUT2D eigenvalue weighted by Gasteiger charge is -2.40. The number of ether oxygens (including phenoxy) is 4. The van der Waals surface area contributed by atoms with Crippen LogP contribution in [0.3, 0.4) is 0 Å². The van der Waals surface area contributed by atoms with Crippen LogP contribution in [0.4, 0.5) is 4.79 Å². The molecule has 3 aliphatic rings. The first kappa shape index (κ1) is 37.8. The molecule has 24 heteroatoms. The number of urea groups is 1. The molecule has 45 heavy (non-hydrogen) atoms. The Hall–Kier alpha value is -1.66. The molecule has 0 spiro atoms. The number of nitrogens with one attached hydrogen (secondary N) is 2. The highest BCUT2D eigenvalue weighted by molar-refractivity contribution is 7.61. The van der Waals surface area contributed by atoms with Crippen molar-refractivity contribution in [3.05, 3.63) is 12.3 Å². The summed E-state index contributed by atoms with van der Waals surface area (Å²) >= 11 is 0. The number of amides is 3.